The maximum atomic E-state index is 13.2. The van der Waals surface area contributed by atoms with Gasteiger partial charge >= 0.3 is 0 Å². The van der Waals surface area contributed by atoms with E-state index in [2.05, 4.69) is 69.7 Å². The summed E-state index contributed by atoms with van der Waals surface area (Å²) >= 11 is 0. The molecule has 2 N–H and O–H groups in total. The fraction of sp³-hybridized carbons (Fsp3) is 0.238. The number of rotatable bonds is 18. The Morgan fingerprint density at radius 1 is 0.514 bits per heavy atom. The van der Waals surface area contributed by atoms with Gasteiger partial charge in [0.1, 0.15) is 58.7 Å². The van der Waals surface area contributed by atoms with Crippen LogP contribution in [0.1, 0.15) is 25.5 Å². The predicted molar refractivity (Wildman–Crippen MR) is 246 cm³/mol. The third-order valence-electron chi connectivity index (χ3n) is 10.0. The number of sulfonamides is 2. The number of nitrogens with one attached hydrogen (secondary N) is 2. The molecule has 28 heteroatoms. The van der Waals surface area contributed by atoms with Crippen molar-refractivity contribution in [3.05, 3.63) is 122 Å². The maximum absolute atomic E-state index is 13.2. The first kappa shape index (κ1) is 49.5. The highest BCUT2D eigenvalue weighted by Gasteiger charge is 2.31. The van der Waals surface area contributed by atoms with Crippen LogP contribution in [0.3, 0.4) is 0 Å². The summed E-state index contributed by atoms with van der Waals surface area (Å²) in [5.41, 5.74) is 1.69. The fourth-order valence-electron chi connectivity index (χ4n) is 6.51. The second-order valence-electron chi connectivity index (χ2n) is 14.6. The molecule has 8 rings (SSSR count). The monoisotopic (exact) mass is 1000 g/mol. The van der Waals surface area contributed by atoms with Gasteiger partial charge in [0.05, 0.1) is 74.9 Å². The summed E-state index contributed by atoms with van der Waals surface area (Å²) in [6.07, 6.45) is 12.6. The van der Waals surface area contributed by atoms with Crippen molar-refractivity contribution in [2.75, 3.05) is 37.9 Å². The summed E-state index contributed by atoms with van der Waals surface area (Å²) in [6.45, 7) is 2.96. The summed E-state index contributed by atoms with van der Waals surface area (Å²) in [6, 6.07) is 10.2. The first-order chi connectivity index (χ1) is 33.7. The van der Waals surface area contributed by atoms with Crippen LogP contribution in [-0.4, -0.2) is 125 Å². The molecule has 2 atom stereocenters. The van der Waals surface area contributed by atoms with Crippen LogP contribution >= 0.6 is 0 Å². The molecule has 70 heavy (non-hydrogen) atoms. The lowest BCUT2D eigenvalue weighted by atomic mass is 10.2. The number of para-hydroxylation sites is 2. The average Bonchev–Trinajstić information content (AvgIpc) is 3.98. The molecule has 0 amide bonds. The van der Waals surface area contributed by atoms with Gasteiger partial charge in [-0.25, -0.2) is 65.5 Å². The zero-order chi connectivity index (χ0) is 50.0. The maximum Gasteiger partial charge on any atom is 0.243 e. The van der Waals surface area contributed by atoms with E-state index in [1.165, 1.54) is 88.9 Å². The third-order valence-corrected chi connectivity index (χ3v) is 13.4. The van der Waals surface area contributed by atoms with Crippen LogP contribution in [0.2, 0.25) is 0 Å². The summed E-state index contributed by atoms with van der Waals surface area (Å²) in [7, 11) is -2.14. The molecule has 2 aromatic carbocycles. The summed E-state index contributed by atoms with van der Waals surface area (Å²) < 4.78 is 109. The normalized spacial score (nSPS) is 12.2. The van der Waals surface area contributed by atoms with Crippen LogP contribution in [0.5, 0.6) is 23.0 Å². The molecule has 0 aliphatic heterocycles. The molecule has 0 spiro atoms. The van der Waals surface area contributed by atoms with Gasteiger partial charge in [0.25, 0.3) is 0 Å². The Labute approximate surface area is 398 Å². The molecule has 0 aliphatic rings. The number of benzene rings is 2. The Kier molecular flexibility index (Phi) is 15.3. The van der Waals surface area contributed by atoms with E-state index in [1.807, 2.05) is 0 Å². The Balaban J connectivity index is 0.000000206. The Morgan fingerprint density at radius 3 is 1.13 bits per heavy atom. The number of hydrogen-bond acceptors (Lipinski definition) is 20. The third kappa shape index (κ3) is 11.1. The molecule has 0 fully saturated rings. The standard InChI is InChI=1S/2C21H21FN8O4S/c2*1-13(7-18-25-10-15(22)11-26-18)35(31,32)29-21-28-27-20(14-8-23-12-24-9-14)30(21)19-16(33-2)5-4-6-17(19)34-3/h2*4-6,8-13H,7H2,1-3H3,(H,28,29)/t2*13-/m10/s1. The molecule has 0 radical (unpaired) electrons. The molecule has 0 unspecified atom stereocenters. The largest absolute Gasteiger partial charge is 0.494 e. The van der Waals surface area contributed by atoms with Crippen molar-refractivity contribution in [1.29, 1.82) is 0 Å². The van der Waals surface area contributed by atoms with Crippen molar-refractivity contribution in [1.82, 2.24) is 69.4 Å². The fourth-order valence-corrected chi connectivity index (χ4v) is 8.42. The van der Waals surface area contributed by atoms with Crippen molar-refractivity contribution in [2.24, 2.45) is 0 Å². The lowest BCUT2D eigenvalue weighted by Crippen LogP contribution is -2.29. The lowest BCUT2D eigenvalue weighted by Gasteiger charge is -2.18. The van der Waals surface area contributed by atoms with E-state index in [-0.39, 0.29) is 48.0 Å². The Bertz CT molecular complexity index is 3000. The SMILES string of the molecule is COc1cccc(OC)c1-n1c(NS(=O)(=O)[C@@H](C)Cc2ncc(F)cn2)nnc1-c1cncnc1.COc1cccc(OC)c1-n1c(NS(=O)(=O)[C@H](C)Cc2ncc(F)cn2)nnc1-c1cncnc1. The van der Waals surface area contributed by atoms with Gasteiger partial charge in [-0.2, -0.15) is 0 Å². The van der Waals surface area contributed by atoms with Gasteiger partial charge in [0.15, 0.2) is 23.3 Å². The molecule has 364 valence electrons. The van der Waals surface area contributed by atoms with E-state index in [9.17, 15) is 25.6 Å². The minimum atomic E-state index is -4.02. The number of hydrogen-bond donors (Lipinski definition) is 2. The van der Waals surface area contributed by atoms with Crippen LogP contribution in [0.25, 0.3) is 34.2 Å². The first-order valence-corrected chi connectivity index (χ1v) is 23.6. The molecule has 0 saturated heterocycles. The van der Waals surface area contributed by atoms with Crippen LogP contribution in [-0.2, 0) is 32.9 Å². The van der Waals surface area contributed by atoms with E-state index in [0.717, 1.165) is 24.8 Å². The van der Waals surface area contributed by atoms with Gasteiger partial charge in [-0.1, -0.05) is 12.1 Å². The Morgan fingerprint density at radius 2 is 0.829 bits per heavy atom. The molecular formula is C42H42F2N16O8S2. The highest BCUT2D eigenvalue weighted by molar-refractivity contribution is 7.93. The number of methoxy groups -OCH3 is 4. The predicted octanol–water partition coefficient (Wildman–Crippen LogP) is 4.09. The topological polar surface area (TPSA) is 294 Å². The van der Waals surface area contributed by atoms with E-state index in [0.29, 0.717) is 45.5 Å². The molecule has 0 saturated carbocycles. The molecule has 24 nitrogen and oxygen atoms in total. The molecular weight excluding hydrogens is 959 g/mol. The number of ether oxygens (including phenoxy) is 4. The molecule has 0 bridgehead atoms. The first-order valence-electron chi connectivity index (χ1n) is 20.5. The second kappa shape index (κ2) is 21.7. The quantitative estimate of drug-likeness (QED) is 0.122. The van der Waals surface area contributed by atoms with Crippen LogP contribution < -0.4 is 28.4 Å². The van der Waals surface area contributed by atoms with Gasteiger partial charge in [-0.05, 0) is 38.1 Å². The summed E-state index contributed by atoms with van der Waals surface area (Å²) in [5.74, 6) is 0.950. The number of nitrogens with zero attached hydrogens (tertiary/aromatic N) is 14. The molecule has 6 aromatic heterocycles. The number of aromatic nitrogens is 14. The highest BCUT2D eigenvalue weighted by Crippen LogP contribution is 2.39. The van der Waals surface area contributed by atoms with E-state index in [1.54, 1.807) is 36.4 Å². The van der Waals surface area contributed by atoms with Crippen molar-refractivity contribution in [3.8, 4) is 57.1 Å². The van der Waals surface area contributed by atoms with Gasteiger partial charge in [-0.15, -0.1) is 20.4 Å². The van der Waals surface area contributed by atoms with Gasteiger partial charge < -0.3 is 18.9 Å². The summed E-state index contributed by atoms with van der Waals surface area (Å²) in [4.78, 5) is 31.4. The summed E-state index contributed by atoms with van der Waals surface area (Å²) in [5, 5.41) is 14.6. The molecule has 8 aromatic rings. The minimum absolute atomic E-state index is 0.0545. The van der Waals surface area contributed by atoms with E-state index < -0.39 is 42.2 Å². The van der Waals surface area contributed by atoms with Gasteiger partial charge in [-0.3, -0.25) is 18.6 Å². The molecule has 6 heterocycles. The van der Waals surface area contributed by atoms with E-state index >= 15 is 0 Å². The number of halogens is 2. The average molecular weight is 1000 g/mol. The van der Waals surface area contributed by atoms with Crippen LogP contribution in [0.4, 0.5) is 20.7 Å². The lowest BCUT2D eigenvalue weighted by molar-refractivity contribution is 0.391. The number of anilines is 2. The van der Waals surface area contributed by atoms with Crippen molar-refractivity contribution < 1.29 is 44.6 Å². The van der Waals surface area contributed by atoms with Gasteiger partial charge in [0.2, 0.25) is 31.9 Å². The Hall–Kier alpha value is -8.40. The van der Waals surface area contributed by atoms with E-state index in [4.69, 9.17) is 18.9 Å². The van der Waals surface area contributed by atoms with Crippen LogP contribution in [0, 0.1) is 11.6 Å². The van der Waals surface area contributed by atoms with Crippen molar-refractivity contribution >= 4 is 31.9 Å². The zero-order valence-corrected chi connectivity index (χ0v) is 39.5. The second-order valence-corrected chi connectivity index (χ2v) is 18.8. The highest BCUT2D eigenvalue weighted by atomic mass is 32.2. The zero-order valence-electron chi connectivity index (χ0n) is 37.9. The minimum Gasteiger partial charge on any atom is -0.494 e. The van der Waals surface area contributed by atoms with Crippen molar-refractivity contribution in [3.63, 3.8) is 0 Å². The van der Waals surface area contributed by atoms with Crippen molar-refractivity contribution in [2.45, 2.75) is 37.2 Å². The molecule has 0 aliphatic carbocycles. The van der Waals surface area contributed by atoms with Crippen LogP contribution in [0.15, 0.2) is 98.6 Å². The smallest absolute Gasteiger partial charge is 0.243 e. The van der Waals surface area contributed by atoms with Gasteiger partial charge in [0, 0.05) is 37.6 Å².